The predicted molar refractivity (Wildman–Crippen MR) is 60.2 cm³/mol. The molecule has 1 aliphatic rings. The standard InChI is InChI=1S/C13H16O3/c1-2-8-3-4-9-6-10(13(15)16)7-12(14)11(9)5-8/h3-5,10,12,14H,2,6-7H2,1H3,(H,15,16). The Balaban J connectivity index is 2.34. The first-order chi connectivity index (χ1) is 7.61. The average Bonchev–Trinajstić information content (AvgIpc) is 2.28. The number of aliphatic carboxylic acids is 1. The smallest absolute Gasteiger partial charge is 0.306 e. The Morgan fingerprint density at radius 1 is 1.50 bits per heavy atom. The van der Waals surface area contributed by atoms with Crippen molar-refractivity contribution in [2.24, 2.45) is 5.92 Å². The van der Waals surface area contributed by atoms with E-state index in [1.807, 2.05) is 18.2 Å². The molecule has 0 saturated heterocycles. The summed E-state index contributed by atoms with van der Waals surface area (Å²) in [5.41, 5.74) is 3.08. The fraction of sp³-hybridized carbons (Fsp3) is 0.462. The summed E-state index contributed by atoms with van der Waals surface area (Å²) in [6.07, 6.45) is 1.17. The van der Waals surface area contributed by atoms with Gasteiger partial charge in [-0.1, -0.05) is 25.1 Å². The van der Waals surface area contributed by atoms with E-state index in [1.165, 1.54) is 5.56 Å². The van der Waals surface area contributed by atoms with E-state index in [0.717, 1.165) is 17.5 Å². The van der Waals surface area contributed by atoms with E-state index in [2.05, 4.69) is 6.92 Å². The van der Waals surface area contributed by atoms with Gasteiger partial charge in [-0.15, -0.1) is 0 Å². The molecule has 2 rings (SSSR count). The third kappa shape index (κ3) is 1.95. The zero-order valence-electron chi connectivity index (χ0n) is 9.31. The minimum absolute atomic E-state index is 0.329. The lowest BCUT2D eigenvalue weighted by Gasteiger charge is -2.26. The minimum atomic E-state index is -0.815. The van der Waals surface area contributed by atoms with E-state index in [4.69, 9.17) is 5.11 Å². The van der Waals surface area contributed by atoms with Crippen molar-refractivity contribution in [2.75, 3.05) is 0 Å². The molecule has 2 atom stereocenters. The van der Waals surface area contributed by atoms with Crippen LogP contribution in [0.4, 0.5) is 0 Å². The van der Waals surface area contributed by atoms with Gasteiger partial charge in [0.1, 0.15) is 0 Å². The Bertz CT molecular complexity index is 412. The number of aliphatic hydroxyl groups is 1. The van der Waals surface area contributed by atoms with Crippen molar-refractivity contribution in [3.8, 4) is 0 Å². The van der Waals surface area contributed by atoms with Gasteiger partial charge in [-0.25, -0.2) is 0 Å². The Kier molecular flexibility index (Phi) is 2.97. The number of benzene rings is 1. The topological polar surface area (TPSA) is 57.5 Å². The van der Waals surface area contributed by atoms with Gasteiger partial charge in [0.25, 0.3) is 0 Å². The molecule has 0 radical (unpaired) electrons. The maximum atomic E-state index is 10.9. The van der Waals surface area contributed by atoms with Gasteiger partial charge in [-0.05, 0) is 36.0 Å². The van der Waals surface area contributed by atoms with Gasteiger partial charge in [0.05, 0.1) is 12.0 Å². The van der Waals surface area contributed by atoms with Gasteiger partial charge < -0.3 is 10.2 Å². The molecule has 0 aromatic heterocycles. The van der Waals surface area contributed by atoms with Crippen LogP contribution in [0.5, 0.6) is 0 Å². The molecule has 3 nitrogen and oxygen atoms in total. The third-order valence-electron chi connectivity index (χ3n) is 3.30. The number of hydrogen-bond acceptors (Lipinski definition) is 2. The van der Waals surface area contributed by atoms with E-state index < -0.39 is 18.0 Å². The summed E-state index contributed by atoms with van der Waals surface area (Å²) in [4.78, 5) is 10.9. The molecular weight excluding hydrogens is 204 g/mol. The van der Waals surface area contributed by atoms with Gasteiger partial charge in [-0.3, -0.25) is 4.79 Å². The van der Waals surface area contributed by atoms with Crippen LogP contribution in [0, 0.1) is 5.92 Å². The maximum Gasteiger partial charge on any atom is 0.306 e. The molecule has 0 fully saturated rings. The lowest BCUT2D eigenvalue weighted by Crippen LogP contribution is -2.25. The van der Waals surface area contributed by atoms with E-state index in [1.54, 1.807) is 0 Å². The first-order valence-corrected chi connectivity index (χ1v) is 5.64. The largest absolute Gasteiger partial charge is 0.481 e. The number of carboxylic acid groups (broad SMARTS) is 1. The molecule has 0 bridgehead atoms. The van der Waals surface area contributed by atoms with Crippen LogP contribution in [-0.4, -0.2) is 16.2 Å². The Morgan fingerprint density at radius 2 is 2.25 bits per heavy atom. The molecule has 0 heterocycles. The van der Waals surface area contributed by atoms with Crippen LogP contribution < -0.4 is 0 Å². The number of hydrogen-bond donors (Lipinski definition) is 2. The molecule has 0 saturated carbocycles. The lowest BCUT2D eigenvalue weighted by molar-refractivity contribution is -0.143. The minimum Gasteiger partial charge on any atom is -0.481 e. The van der Waals surface area contributed by atoms with Crippen molar-refractivity contribution < 1.29 is 15.0 Å². The number of carbonyl (C=O) groups is 1. The summed E-state index contributed by atoms with van der Waals surface area (Å²) in [7, 11) is 0. The molecule has 0 amide bonds. The Hall–Kier alpha value is -1.35. The van der Waals surface area contributed by atoms with Crippen molar-refractivity contribution >= 4 is 5.97 Å². The number of carboxylic acids is 1. The molecule has 2 N–H and O–H groups in total. The SMILES string of the molecule is CCc1ccc2c(c1)C(O)CC(C(=O)O)C2. The predicted octanol–water partition coefficient (Wildman–Crippen LogP) is 1.93. The van der Waals surface area contributed by atoms with Crippen molar-refractivity contribution in [1.29, 1.82) is 0 Å². The number of fused-ring (bicyclic) bond motifs is 1. The van der Waals surface area contributed by atoms with Crippen LogP contribution in [0.25, 0.3) is 0 Å². The number of aryl methyl sites for hydroxylation is 1. The molecule has 16 heavy (non-hydrogen) atoms. The molecule has 86 valence electrons. The lowest BCUT2D eigenvalue weighted by atomic mass is 9.81. The highest BCUT2D eigenvalue weighted by molar-refractivity contribution is 5.71. The Morgan fingerprint density at radius 3 is 2.88 bits per heavy atom. The zero-order chi connectivity index (χ0) is 11.7. The van der Waals surface area contributed by atoms with Gasteiger partial charge >= 0.3 is 5.97 Å². The van der Waals surface area contributed by atoms with Crippen LogP contribution in [0.3, 0.4) is 0 Å². The maximum absolute atomic E-state index is 10.9. The second kappa shape index (κ2) is 4.26. The van der Waals surface area contributed by atoms with Crippen LogP contribution in [0.1, 0.15) is 36.1 Å². The van der Waals surface area contributed by atoms with Crippen LogP contribution in [0.2, 0.25) is 0 Å². The highest BCUT2D eigenvalue weighted by atomic mass is 16.4. The molecule has 1 aromatic carbocycles. The summed E-state index contributed by atoms with van der Waals surface area (Å²) >= 11 is 0. The van der Waals surface area contributed by atoms with Gasteiger partial charge in [0, 0.05) is 0 Å². The summed E-state index contributed by atoms with van der Waals surface area (Å²) in [5, 5.41) is 18.9. The van der Waals surface area contributed by atoms with Crippen LogP contribution >= 0.6 is 0 Å². The van der Waals surface area contributed by atoms with Gasteiger partial charge in [0.15, 0.2) is 0 Å². The molecular formula is C13H16O3. The summed E-state index contributed by atoms with van der Waals surface area (Å²) in [6, 6.07) is 5.96. The fourth-order valence-electron chi connectivity index (χ4n) is 2.29. The highest BCUT2D eigenvalue weighted by Crippen LogP contribution is 2.33. The second-order valence-electron chi connectivity index (χ2n) is 4.38. The normalized spacial score (nSPS) is 23.9. The molecule has 0 spiro atoms. The third-order valence-corrected chi connectivity index (χ3v) is 3.30. The molecule has 1 aromatic rings. The van der Waals surface area contributed by atoms with Crippen molar-refractivity contribution in [1.82, 2.24) is 0 Å². The van der Waals surface area contributed by atoms with Gasteiger partial charge in [-0.2, -0.15) is 0 Å². The molecule has 1 aliphatic carbocycles. The number of rotatable bonds is 2. The van der Waals surface area contributed by atoms with Crippen molar-refractivity contribution in [3.63, 3.8) is 0 Å². The summed E-state index contributed by atoms with van der Waals surface area (Å²) in [5.74, 6) is -1.26. The van der Waals surface area contributed by atoms with E-state index in [9.17, 15) is 9.90 Å². The molecule has 2 unspecified atom stereocenters. The first kappa shape index (κ1) is 11.1. The van der Waals surface area contributed by atoms with Crippen LogP contribution in [-0.2, 0) is 17.6 Å². The summed E-state index contributed by atoms with van der Waals surface area (Å²) in [6.45, 7) is 2.07. The van der Waals surface area contributed by atoms with E-state index in [0.29, 0.717) is 12.8 Å². The quantitative estimate of drug-likeness (QED) is 0.800. The van der Waals surface area contributed by atoms with Crippen molar-refractivity contribution in [3.05, 3.63) is 34.9 Å². The Labute approximate surface area is 94.7 Å². The molecule has 0 aliphatic heterocycles. The number of aliphatic hydroxyl groups excluding tert-OH is 1. The van der Waals surface area contributed by atoms with Gasteiger partial charge in [0.2, 0.25) is 0 Å². The zero-order valence-corrected chi connectivity index (χ0v) is 9.31. The van der Waals surface area contributed by atoms with Crippen LogP contribution in [0.15, 0.2) is 18.2 Å². The average molecular weight is 220 g/mol. The molecule has 3 heteroatoms. The summed E-state index contributed by atoms with van der Waals surface area (Å²) < 4.78 is 0. The highest BCUT2D eigenvalue weighted by Gasteiger charge is 2.29. The first-order valence-electron chi connectivity index (χ1n) is 5.64. The monoisotopic (exact) mass is 220 g/mol. The van der Waals surface area contributed by atoms with E-state index >= 15 is 0 Å². The van der Waals surface area contributed by atoms with E-state index in [-0.39, 0.29) is 0 Å². The fourth-order valence-corrected chi connectivity index (χ4v) is 2.29. The van der Waals surface area contributed by atoms with Crippen molar-refractivity contribution in [2.45, 2.75) is 32.3 Å². The second-order valence-corrected chi connectivity index (χ2v) is 4.38.